The van der Waals surface area contributed by atoms with Crippen molar-refractivity contribution in [2.45, 2.75) is 33.7 Å². The Hall–Kier alpha value is -1.36. The quantitative estimate of drug-likeness (QED) is 0.791. The summed E-state index contributed by atoms with van der Waals surface area (Å²) in [5.74, 6) is -1.57. The van der Waals surface area contributed by atoms with Crippen molar-refractivity contribution in [2.24, 2.45) is 5.41 Å². The van der Waals surface area contributed by atoms with Crippen molar-refractivity contribution < 1.29 is 14.7 Å². The van der Waals surface area contributed by atoms with Crippen LogP contribution in [0.2, 0.25) is 0 Å². The van der Waals surface area contributed by atoms with E-state index in [0.29, 0.717) is 6.54 Å². The summed E-state index contributed by atoms with van der Waals surface area (Å²) in [5, 5.41) is 13.6. The number of nitrogens with one attached hydrogen (secondary N) is 1. The fourth-order valence-electron chi connectivity index (χ4n) is 1.32. The van der Waals surface area contributed by atoms with Crippen LogP contribution in [0.25, 0.3) is 0 Å². The van der Waals surface area contributed by atoms with Gasteiger partial charge in [0.1, 0.15) is 5.41 Å². The highest BCUT2D eigenvalue weighted by atomic mass is 32.1. The van der Waals surface area contributed by atoms with Gasteiger partial charge in [0.15, 0.2) is 0 Å². The molecule has 1 rings (SSSR count). The third-order valence-electron chi connectivity index (χ3n) is 2.73. The Kier molecular flexibility index (Phi) is 4.28. The van der Waals surface area contributed by atoms with Crippen LogP contribution in [0.3, 0.4) is 0 Å². The third-order valence-corrected chi connectivity index (χ3v) is 3.69. The lowest BCUT2D eigenvalue weighted by molar-refractivity contribution is -0.153. The van der Waals surface area contributed by atoms with Crippen LogP contribution in [0.5, 0.6) is 0 Å². The average molecular weight is 255 g/mol. The molecule has 1 aromatic rings. The first kappa shape index (κ1) is 13.7. The van der Waals surface area contributed by atoms with Crippen LogP contribution in [-0.4, -0.2) is 17.0 Å². The van der Waals surface area contributed by atoms with E-state index >= 15 is 0 Å². The van der Waals surface area contributed by atoms with E-state index in [1.54, 1.807) is 11.3 Å². The first-order valence-electron chi connectivity index (χ1n) is 5.46. The molecule has 0 spiro atoms. The number of aliphatic carboxylic acids is 1. The second-order valence-corrected chi connectivity index (χ2v) is 5.34. The van der Waals surface area contributed by atoms with Gasteiger partial charge in [0.25, 0.3) is 0 Å². The Balaban J connectivity index is 2.63. The topological polar surface area (TPSA) is 66.4 Å². The predicted molar refractivity (Wildman–Crippen MR) is 67.0 cm³/mol. The molecule has 0 aliphatic carbocycles. The number of aryl methyl sites for hydroxylation is 1. The minimum Gasteiger partial charge on any atom is -0.480 e. The van der Waals surface area contributed by atoms with Gasteiger partial charge in [0, 0.05) is 4.88 Å². The minimum atomic E-state index is -1.39. The molecule has 0 unspecified atom stereocenters. The molecule has 4 nitrogen and oxygen atoms in total. The van der Waals surface area contributed by atoms with Crippen molar-refractivity contribution in [1.82, 2.24) is 5.32 Å². The van der Waals surface area contributed by atoms with Crippen LogP contribution < -0.4 is 5.32 Å². The van der Waals surface area contributed by atoms with E-state index < -0.39 is 17.3 Å². The number of thiophene rings is 1. The second-order valence-electron chi connectivity index (χ2n) is 4.34. The van der Waals surface area contributed by atoms with Crippen LogP contribution in [0.15, 0.2) is 11.4 Å². The van der Waals surface area contributed by atoms with Crippen LogP contribution in [0, 0.1) is 5.41 Å². The van der Waals surface area contributed by atoms with Gasteiger partial charge in [-0.25, -0.2) is 0 Å². The molecule has 0 saturated heterocycles. The summed E-state index contributed by atoms with van der Waals surface area (Å²) >= 11 is 1.57. The highest BCUT2D eigenvalue weighted by molar-refractivity contribution is 7.10. The number of hydrogen-bond acceptors (Lipinski definition) is 3. The molecule has 0 aromatic carbocycles. The summed E-state index contributed by atoms with van der Waals surface area (Å²) in [6.45, 7) is 5.25. The van der Waals surface area contributed by atoms with Gasteiger partial charge in [0.2, 0.25) is 5.91 Å². The molecule has 2 N–H and O–H groups in total. The van der Waals surface area contributed by atoms with Crippen molar-refractivity contribution in [3.05, 3.63) is 21.9 Å². The molecule has 0 aliphatic heterocycles. The van der Waals surface area contributed by atoms with Crippen LogP contribution >= 0.6 is 11.3 Å². The lowest BCUT2D eigenvalue weighted by Crippen LogP contribution is -2.41. The molecule has 0 fully saturated rings. The zero-order chi connectivity index (χ0) is 13.1. The van der Waals surface area contributed by atoms with E-state index in [-0.39, 0.29) is 0 Å². The summed E-state index contributed by atoms with van der Waals surface area (Å²) in [5.41, 5.74) is -0.188. The standard InChI is InChI=1S/C12H17NO3S/c1-4-8-5-6-17-9(8)7-13-10(14)12(2,3)11(15)16/h5-6H,4,7H2,1-3H3,(H,13,14)(H,15,16). The Morgan fingerprint density at radius 1 is 1.47 bits per heavy atom. The highest BCUT2D eigenvalue weighted by Crippen LogP contribution is 2.19. The number of carboxylic acid groups (broad SMARTS) is 1. The summed E-state index contributed by atoms with van der Waals surface area (Å²) in [4.78, 5) is 23.7. The smallest absolute Gasteiger partial charge is 0.318 e. The molecule has 0 atom stereocenters. The predicted octanol–water partition coefficient (Wildman–Crippen LogP) is 2.04. The fourth-order valence-corrected chi connectivity index (χ4v) is 2.23. The van der Waals surface area contributed by atoms with Gasteiger partial charge in [0.05, 0.1) is 6.54 Å². The van der Waals surface area contributed by atoms with Crippen molar-refractivity contribution >= 4 is 23.2 Å². The lowest BCUT2D eigenvalue weighted by Gasteiger charge is -2.18. The molecular weight excluding hydrogens is 238 g/mol. The maximum absolute atomic E-state index is 11.7. The van der Waals surface area contributed by atoms with Gasteiger partial charge in [-0.15, -0.1) is 11.3 Å². The molecular formula is C12H17NO3S. The van der Waals surface area contributed by atoms with Crippen LogP contribution in [0.1, 0.15) is 31.2 Å². The number of carboxylic acids is 1. The maximum Gasteiger partial charge on any atom is 0.318 e. The molecule has 1 aromatic heterocycles. The normalized spacial score (nSPS) is 11.2. The van der Waals surface area contributed by atoms with E-state index in [2.05, 4.69) is 12.2 Å². The van der Waals surface area contributed by atoms with Crippen molar-refractivity contribution in [3.63, 3.8) is 0 Å². The summed E-state index contributed by atoms with van der Waals surface area (Å²) in [7, 11) is 0. The van der Waals surface area contributed by atoms with Crippen molar-refractivity contribution in [1.29, 1.82) is 0 Å². The molecule has 5 heteroatoms. The highest BCUT2D eigenvalue weighted by Gasteiger charge is 2.35. The first-order valence-corrected chi connectivity index (χ1v) is 6.34. The van der Waals surface area contributed by atoms with Crippen LogP contribution in [0.4, 0.5) is 0 Å². The van der Waals surface area contributed by atoms with Gasteiger partial charge < -0.3 is 10.4 Å². The monoisotopic (exact) mass is 255 g/mol. The zero-order valence-electron chi connectivity index (χ0n) is 10.2. The third kappa shape index (κ3) is 3.06. The minimum absolute atomic E-state index is 0.399. The van der Waals surface area contributed by atoms with E-state index in [1.807, 2.05) is 11.4 Å². The Labute approximate surface area is 105 Å². The second kappa shape index (κ2) is 5.31. The number of amides is 1. The molecule has 0 saturated carbocycles. The summed E-state index contributed by atoms with van der Waals surface area (Å²) in [6.07, 6.45) is 0.914. The van der Waals surface area contributed by atoms with E-state index in [1.165, 1.54) is 19.4 Å². The number of rotatable bonds is 5. The zero-order valence-corrected chi connectivity index (χ0v) is 11.1. The van der Waals surface area contributed by atoms with E-state index in [4.69, 9.17) is 5.11 Å². The number of carbonyl (C=O) groups excluding carboxylic acids is 1. The largest absolute Gasteiger partial charge is 0.480 e. The summed E-state index contributed by atoms with van der Waals surface area (Å²) < 4.78 is 0. The fraction of sp³-hybridized carbons (Fsp3) is 0.500. The van der Waals surface area contributed by atoms with Gasteiger partial charge in [-0.1, -0.05) is 6.92 Å². The molecule has 1 heterocycles. The molecule has 0 bridgehead atoms. The molecule has 0 aliphatic rings. The van der Waals surface area contributed by atoms with Gasteiger partial charge in [-0.3, -0.25) is 9.59 Å². The maximum atomic E-state index is 11.7. The average Bonchev–Trinajstić information content (AvgIpc) is 2.72. The van der Waals surface area contributed by atoms with Gasteiger partial charge in [-0.05, 0) is 37.3 Å². The van der Waals surface area contributed by atoms with E-state index in [9.17, 15) is 9.59 Å². The Bertz CT molecular complexity index is 423. The Morgan fingerprint density at radius 2 is 2.12 bits per heavy atom. The van der Waals surface area contributed by atoms with Gasteiger partial charge in [-0.2, -0.15) is 0 Å². The molecule has 1 amide bonds. The van der Waals surface area contributed by atoms with Gasteiger partial charge >= 0.3 is 5.97 Å². The number of hydrogen-bond donors (Lipinski definition) is 2. The van der Waals surface area contributed by atoms with Crippen LogP contribution in [-0.2, 0) is 22.6 Å². The SMILES string of the molecule is CCc1ccsc1CNC(=O)C(C)(C)C(=O)O. The van der Waals surface area contributed by atoms with Crippen molar-refractivity contribution in [2.75, 3.05) is 0 Å². The Morgan fingerprint density at radius 3 is 2.65 bits per heavy atom. The molecule has 94 valence electrons. The number of carbonyl (C=O) groups is 2. The molecule has 0 radical (unpaired) electrons. The lowest BCUT2D eigenvalue weighted by atomic mass is 9.93. The van der Waals surface area contributed by atoms with E-state index in [0.717, 1.165) is 11.3 Å². The van der Waals surface area contributed by atoms with Crippen molar-refractivity contribution in [3.8, 4) is 0 Å². The molecule has 17 heavy (non-hydrogen) atoms. The summed E-state index contributed by atoms with van der Waals surface area (Å²) in [6, 6.07) is 2.02. The first-order chi connectivity index (χ1) is 7.89.